The maximum atomic E-state index is 12.9. The molecule has 4 nitrogen and oxygen atoms in total. The van der Waals surface area contributed by atoms with E-state index in [4.69, 9.17) is 5.73 Å². The Morgan fingerprint density at radius 2 is 1.75 bits per heavy atom. The van der Waals surface area contributed by atoms with E-state index >= 15 is 0 Å². The van der Waals surface area contributed by atoms with Crippen LogP contribution in [0.15, 0.2) is 24.3 Å². The predicted molar refractivity (Wildman–Crippen MR) is 104 cm³/mol. The van der Waals surface area contributed by atoms with E-state index in [1.807, 2.05) is 4.90 Å². The van der Waals surface area contributed by atoms with E-state index in [-0.39, 0.29) is 30.2 Å². The van der Waals surface area contributed by atoms with Crippen LogP contribution in [0, 0.1) is 12.3 Å². The number of hydrogen-bond acceptors (Lipinski definition) is 3. The average molecular weight is 374 g/mol. The van der Waals surface area contributed by atoms with Gasteiger partial charge in [-0.2, -0.15) is 0 Å². The molecule has 24 heavy (non-hydrogen) atoms. The molecule has 136 valence electrons. The smallest absolute Gasteiger partial charge is 0.230 e. The number of carbonyl (C=O) groups excluding carboxylic acids is 1. The van der Waals surface area contributed by atoms with Crippen molar-refractivity contribution in [3.8, 4) is 0 Å². The quantitative estimate of drug-likeness (QED) is 0.885. The van der Waals surface area contributed by atoms with Crippen molar-refractivity contribution in [2.45, 2.75) is 32.6 Å². The largest absolute Gasteiger partial charge is 0.368 e. The minimum atomic E-state index is -0.258. The Labute approximate surface area is 157 Å². The number of halogens is 2. The first-order valence-electron chi connectivity index (χ1n) is 8.46. The average Bonchev–Trinajstić information content (AvgIpc) is 3.04. The number of nitrogens with two attached hydrogens (primary N) is 1. The van der Waals surface area contributed by atoms with Gasteiger partial charge in [-0.1, -0.05) is 25.0 Å². The predicted octanol–water partition coefficient (Wildman–Crippen LogP) is 3.01. The number of piperazine rings is 1. The van der Waals surface area contributed by atoms with Gasteiger partial charge in [-0.3, -0.25) is 4.79 Å². The van der Waals surface area contributed by atoms with Crippen LogP contribution < -0.4 is 10.6 Å². The normalized spacial score (nSPS) is 19.4. The first-order valence-corrected chi connectivity index (χ1v) is 8.46. The van der Waals surface area contributed by atoms with Gasteiger partial charge in [-0.15, -0.1) is 24.8 Å². The molecular weight excluding hydrogens is 345 g/mol. The van der Waals surface area contributed by atoms with Crippen LogP contribution in [0.2, 0.25) is 0 Å². The molecule has 0 radical (unpaired) electrons. The topological polar surface area (TPSA) is 49.6 Å². The molecule has 0 aromatic heterocycles. The van der Waals surface area contributed by atoms with Crippen molar-refractivity contribution in [1.29, 1.82) is 0 Å². The Kier molecular flexibility index (Phi) is 7.84. The summed E-state index contributed by atoms with van der Waals surface area (Å²) in [5.74, 6) is 0.302. The van der Waals surface area contributed by atoms with E-state index in [0.717, 1.165) is 51.9 Å². The molecule has 1 aliphatic heterocycles. The number of carbonyl (C=O) groups is 1. The summed E-state index contributed by atoms with van der Waals surface area (Å²) in [6.07, 6.45) is 4.24. The van der Waals surface area contributed by atoms with Crippen LogP contribution in [0.25, 0.3) is 0 Å². The number of hydrogen-bond donors (Lipinski definition) is 1. The minimum Gasteiger partial charge on any atom is -0.368 e. The summed E-state index contributed by atoms with van der Waals surface area (Å²) >= 11 is 0. The second-order valence-electron chi connectivity index (χ2n) is 6.81. The standard InChI is InChI=1S/C18H27N3O.2ClH/c1-15-5-4-6-16(13-15)20-9-11-21(12-10-20)17(22)18(14-19)7-2-3-8-18;;/h4-6,13H,2-3,7-12,14,19H2,1H3;2*1H. The first kappa shape index (κ1) is 21.1. The van der Waals surface area contributed by atoms with Crippen molar-refractivity contribution >= 4 is 36.4 Å². The van der Waals surface area contributed by atoms with Gasteiger partial charge in [0.1, 0.15) is 0 Å². The summed E-state index contributed by atoms with van der Waals surface area (Å²) in [6, 6.07) is 8.59. The van der Waals surface area contributed by atoms with Crippen LogP contribution in [-0.4, -0.2) is 43.5 Å². The fourth-order valence-corrected chi connectivity index (χ4v) is 3.88. The highest BCUT2D eigenvalue weighted by Gasteiger charge is 2.42. The maximum absolute atomic E-state index is 12.9. The molecule has 1 amide bonds. The van der Waals surface area contributed by atoms with Crippen molar-refractivity contribution in [2.75, 3.05) is 37.6 Å². The second kappa shape index (κ2) is 8.93. The SMILES string of the molecule is Cc1cccc(N2CCN(C(=O)C3(CN)CCCC3)CC2)c1.Cl.Cl. The molecule has 1 aliphatic carbocycles. The van der Waals surface area contributed by atoms with Gasteiger partial charge < -0.3 is 15.5 Å². The molecule has 1 heterocycles. The van der Waals surface area contributed by atoms with E-state index in [2.05, 4.69) is 36.1 Å². The van der Waals surface area contributed by atoms with E-state index in [1.54, 1.807) is 0 Å². The number of amides is 1. The van der Waals surface area contributed by atoms with Crippen LogP contribution >= 0.6 is 24.8 Å². The van der Waals surface area contributed by atoms with Gasteiger partial charge in [0.2, 0.25) is 5.91 Å². The van der Waals surface area contributed by atoms with Gasteiger partial charge in [-0.25, -0.2) is 0 Å². The number of rotatable bonds is 3. The van der Waals surface area contributed by atoms with Gasteiger partial charge in [-0.05, 0) is 37.5 Å². The van der Waals surface area contributed by atoms with Crippen LogP contribution in [0.3, 0.4) is 0 Å². The summed E-state index contributed by atoms with van der Waals surface area (Å²) < 4.78 is 0. The Balaban J connectivity index is 0.00000144. The molecule has 2 aliphatic rings. The van der Waals surface area contributed by atoms with E-state index in [1.165, 1.54) is 11.3 Å². The van der Waals surface area contributed by atoms with Gasteiger partial charge in [0.25, 0.3) is 0 Å². The zero-order valence-electron chi connectivity index (χ0n) is 14.4. The third-order valence-electron chi connectivity index (χ3n) is 5.34. The van der Waals surface area contributed by atoms with Crippen LogP contribution in [0.5, 0.6) is 0 Å². The van der Waals surface area contributed by atoms with Gasteiger partial charge in [0.05, 0.1) is 5.41 Å². The minimum absolute atomic E-state index is 0. The van der Waals surface area contributed by atoms with Crippen LogP contribution in [0.1, 0.15) is 31.2 Å². The number of benzene rings is 1. The van der Waals surface area contributed by atoms with E-state index in [0.29, 0.717) is 12.5 Å². The van der Waals surface area contributed by atoms with Crippen molar-refractivity contribution in [3.63, 3.8) is 0 Å². The molecule has 1 saturated heterocycles. The lowest BCUT2D eigenvalue weighted by atomic mass is 9.84. The monoisotopic (exact) mass is 373 g/mol. The zero-order valence-corrected chi connectivity index (χ0v) is 16.0. The van der Waals surface area contributed by atoms with Crippen molar-refractivity contribution in [2.24, 2.45) is 11.1 Å². The third-order valence-corrected chi connectivity index (χ3v) is 5.34. The van der Waals surface area contributed by atoms with E-state index < -0.39 is 0 Å². The molecule has 1 aromatic rings. The molecule has 2 fully saturated rings. The molecule has 0 bridgehead atoms. The van der Waals surface area contributed by atoms with Crippen LogP contribution in [-0.2, 0) is 4.79 Å². The molecule has 1 aromatic carbocycles. The fourth-order valence-electron chi connectivity index (χ4n) is 3.88. The Bertz CT molecular complexity index is 539. The second-order valence-corrected chi connectivity index (χ2v) is 6.81. The maximum Gasteiger partial charge on any atom is 0.230 e. The van der Waals surface area contributed by atoms with Crippen molar-refractivity contribution in [1.82, 2.24) is 4.90 Å². The van der Waals surface area contributed by atoms with E-state index in [9.17, 15) is 4.79 Å². The Morgan fingerprint density at radius 1 is 1.12 bits per heavy atom. The highest BCUT2D eigenvalue weighted by molar-refractivity contribution is 5.85. The van der Waals surface area contributed by atoms with Gasteiger partial charge in [0.15, 0.2) is 0 Å². The molecule has 1 saturated carbocycles. The summed E-state index contributed by atoms with van der Waals surface area (Å²) in [5.41, 5.74) is 8.24. The third kappa shape index (κ3) is 4.16. The Morgan fingerprint density at radius 3 is 2.29 bits per heavy atom. The first-order chi connectivity index (χ1) is 10.6. The zero-order chi connectivity index (χ0) is 15.6. The number of anilines is 1. The van der Waals surface area contributed by atoms with Crippen LogP contribution in [0.4, 0.5) is 5.69 Å². The highest BCUT2D eigenvalue weighted by atomic mass is 35.5. The van der Waals surface area contributed by atoms with Gasteiger partial charge >= 0.3 is 0 Å². The molecule has 3 rings (SSSR count). The summed E-state index contributed by atoms with van der Waals surface area (Å²) in [5, 5.41) is 0. The number of aryl methyl sites for hydroxylation is 1. The molecular formula is C18H29Cl2N3O. The molecule has 2 N–H and O–H groups in total. The molecule has 0 unspecified atom stereocenters. The Hall–Kier alpha value is -0.970. The summed E-state index contributed by atoms with van der Waals surface area (Å²) in [7, 11) is 0. The van der Waals surface area contributed by atoms with Crippen molar-refractivity contribution < 1.29 is 4.79 Å². The highest BCUT2D eigenvalue weighted by Crippen LogP contribution is 2.39. The molecule has 6 heteroatoms. The lowest BCUT2D eigenvalue weighted by Gasteiger charge is -2.40. The fraction of sp³-hybridized carbons (Fsp3) is 0.611. The van der Waals surface area contributed by atoms with Gasteiger partial charge in [0, 0.05) is 38.4 Å². The molecule has 0 spiro atoms. The van der Waals surface area contributed by atoms with Crippen molar-refractivity contribution in [3.05, 3.63) is 29.8 Å². The summed E-state index contributed by atoms with van der Waals surface area (Å²) in [4.78, 5) is 17.3. The lowest BCUT2D eigenvalue weighted by Crippen LogP contribution is -2.54. The summed E-state index contributed by atoms with van der Waals surface area (Å²) in [6.45, 7) is 6.08. The lowest BCUT2D eigenvalue weighted by molar-refractivity contribution is -0.141. The number of nitrogens with zero attached hydrogens (tertiary/aromatic N) is 2. The molecule has 0 atom stereocenters.